The molecule has 0 aliphatic carbocycles. The number of benzene rings is 1. The third kappa shape index (κ3) is 2.58. The fraction of sp³-hybridized carbons (Fsp3) is 0.308. The molecular weight excluding hydrogens is 337 g/mol. The van der Waals surface area contributed by atoms with E-state index in [2.05, 4.69) is 34.8 Å². The Morgan fingerprint density at radius 2 is 1.94 bits per heavy atom. The first kappa shape index (κ1) is 13.9. The number of hydrogen-bond donors (Lipinski definition) is 1. The van der Waals surface area contributed by atoms with Crippen molar-refractivity contribution in [3.05, 3.63) is 42.6 Å². The van der Waals surface area contributed by atoms with E-state index in [1.807, 2.05) is 0 Å². The van der Waals surface area contributed by atoms with Crippen molar-refractivity contribution >= 4 is 50.0 Å². The number of hydrogen-bond acceptors (Lipinski definition) is 1. The molecule has 18 heavy (non-hydrogen) atoms. The van der Waals surface area contributed by atoms with Gasteiger partial charge in [-0.1, -0.05) is 37.0 Å². The molecule has 1 aromatic carbocycles. The highest BCUT2D eigenvalue weighted by Gasteiger charge is 2.12. The minimum absolute atomic E-state index is 0.0429. The van der Waals surface area contributed by atoms with Crippen molar-refractivity contribution in [2.45, 2.75) is 20.3 Å². The summed E-state index contributed by atoms with van der Waals surface area (Å²) in [7, 11) is 0. The molecule has 96 valence electrons. The first-order valence-corrected chi connectivity index (χ1v) is 7.14. The van der Waals surface area contributed by atoms with Gasteiger partial charge in [0.15, 0.2) is 5.43 Å². The van der Waals surface area contributed by atoms with Gasteiger partial charge >= 0.3 is 0 Å². The molecule has 0 aliphatic heterocycles. The predicted molar refractivity (Wildman–Crippen MR) is 80.8 cm³/mol. The van der Waals surface area contributed by atoms with Gasteiger partial charge in [-0.2, -0.15) is 0 Å². The summed E-state index contributed by atoms with van der Waals surface area (Å²) in [6.45, 7) is 4.19. The van der Waals surface area contributed by atoms with Gasteiger partial charge in [0.2, 0.25) is 0 Å². The quantitative estimate of drug-likeness (QED) is 0.777. The van der Waals surface area contributed by atoms with Gasteiger partial charge in [0, 0.05) is 21.6 Å². The van der Waals surface area contributed by atoms with Crippen molar-refractivity contribution in [3.63, 3.8) is 0 Å². The van der Waals surface area contributed by atoms with E-state index in [0.717, 1.165) is 12.1 Å². The third-order valence-corrected chi connectivity index (χ3v) is 4.37. The molecule has 1 heterocycles. The Bertz CT molecular complexity index is 664. The zero-order valence-electron chi connectivity index (χ0n) is 9.98. The molecule has 0 amide bonds. The Kier molecular flexibility index (Phi) is 4.05. The van der Waals surface area contributed by atoms with Gasteiger partial charge in [0.05, 0.1) is 15.6 Å². The summed E-state index contributed by atoms with van der Waals surface area (Å²) in [6, 6.07) is 3.32. The van der Waals surface area contributed by atoms with Crippen molar-refractivity contribution < 1.29 is 0 Å². The van der Waals surface area contributed by atoms with E-state index in [1.54, 1.807) is 12.1 Å². The predicted octanol–water partition coefficient (Wildman–Crippen LogP) is 4.80. The Labute approximate surface area is 123 Å². The number of halogens is 3. The van der Waals surface area contributed by atoms with Crippen molar-refractivity contribution in [3.8, 4) is 0 Å². The summed E-state index contributed by atoms with van der Waals surface area (Å²) < 4.78 is 0.628. The van der Waals surface area contributed by atoms with E-state index >= 15 is 0 Å². The zero-order chi connectivity index (χ0) is 13.4. The van der Waals surface area contributed by atoms with Crippen LogP contribution in [0.1, 0.15) is 19.5 Å². The normalized spacial score (nSPS) is 11.4. The van der Waals surface area contributed by atoms with Crippen LogP contribution in [-0.4, -0.2) is 4.98 Å². The number of fused-ring (bicyclic) bond motifs is 1. The highest BCUT2D eigenvalue weighted by atomic mass is 79.9. The van der Waals surface area contributed by atoms with Crippen LogP contribution in [0.25, 0.3) is 10.9 Å². The van der Waals surface area contributed by atoms with Gasteiger partial charge in [-0.25, -0.2) is 0 Å². The lowest BCUT2D eigenvalue weighted by Crippen LogP contribution is -2.07. The SMILES string of the molecule is CC(C)Cc1cc(=O)c2cc(Br)c(Cl)c(Cl)c2[nH]1. The summed E-state index contributed by atoms with van der Waals surface area (Å²) in [5.41, 5.74) is 1.44. The average Bonchev–Trinajstić information content (AvgIpc) is 2.27. The second-order valence-corrected chi connectivity index (χ2v) is 6.28. The van der Waals surface area contributed by atoms with E-state index in [9.17, 15) is 4.79 Å². The van der Waals surface area contributed by atoms with Crippen LogP contribution in [0.2, 0.25) is 10.0 Å². The number of rotatable bonds is 2. The van der Waals surface area contributed by atoms with Gasteiger partial charge in [0.25, 0.3) is 0 Å². The van der Waals surface area contributed by atoms with E-state index in [4.69, 9.17) is 23.2 Å². The molecule has 0 atom stereocenters. The van der Waals surface area contributed by atoms with Crippen molar-refractivity contribution in [1.29, 1.82) is 0 Å². The van der Waals surface area contributed by atoms with Gasteiger partial charge in [-0.05, 0) is 34.3 Å². The maximum atomic E-state index is 12.1. The maximum absolute atomic E-state index is 12.1. The molecule has 2 nitrogen and oxygen atoms in total. The molecule has 0 radical (unpaired) electrons. The molecule has 5 heteroatoms. The lowest BCUT2D eigenvalue weighted by Gasteiger charge is -2.09. The average molecular weight is 349 g/mol. The zero-order valence-corrected chi connectivity index (χ0v) is 13.1. The lowest BCUT2D eigenvalue weighted by molar-refractivity contribution is 0.636. The molecule has 2 rings (SSSR count). The third-order valence-electron chi connectivity index (χ3n) is 2.65. The molecule has 2 aromatic rings. The fourth-order valence-corrected chi connectivity index (χ4v) is 2.84. The van der Waals surface area contributed by atoms with Crippen LogP contribution in [0.3, 0.4) is 0 Å². The van der Waals surface area contributed by atoms with E-state index < -0.39 is 0 Å². The number of H-pyrrole nitrogens is 1. The largest absolute Gasteiger partial charge is 0.357 e. The number of aromatic amines is 1. The molecule has 1 N–H and O–H groups in total. The Hall–Kier alpha value is -0.510. The van der Waals surface area contributed by atoms with Crippen LogP contribution < -0.4 is 5.43 Å². The molecule has 0 spiro atoms. The van der Waals surface area contributed by atoms with Crippen LogP contribution in [0.5, 0.6) is 0 Å². The Balaban J connectivity index is 2.76. The van der Waals surface area contributed by atoms with Crippen LogP contribution in [0, 0.1) is 5.92 Å². The maximum Gasteiger partial charge on any atom is 0.189 e. The number of pyridine rings is 1. The first-order chi connectivity index (χ1) is 8.40. The molecule has 0 bridgehead atoms. The van der Waals surface area contributed by atoms with E-state index in [0.29, 0.717) is 31.3 Å². The minimum Gasteiger partial charge on any atom is -0.357 e. The van der Waals surface area contributed by atoms with Gasteiger partial charge in [-0.15, -0.1) is 0 Å². The van der Waals surface area contributed by atoms with Crippen LogP contribution in [0.4, 0.5) is 0 Å². The molecule has 1 aromatic heterocycles. The Morgan fingerprint density at radius 1 is 1.28 bits per heavy atom. The van der Waals surface area contributed by atoms with Gasteiger partial charge in [0.1, 0.15) is 0 Å². The van der Waals surface area contributed by atoms with E-state index in [1.165, 1.54) is 0 Å². The minimum atomic E-state index is -0.0429. The molecular formula is C13H12BrCl2NO. The Morgan fingerprint density at radius 3 is 2.56 bits per heavy atom. The number of aromatic nitrogens is 1. The summed E-state index contributed by atoms with van der Waals surface area (Å²) in [4.78, 5) is 15.3. The van der Waals surface area contributed by atoms with Gasteiger partial charge in [-0.3, -0.25) is 4.79 Å². The van der Waals surface area contributed by atoms with Crippen LogP contribution in [-0.2, 0) is 6.42 Å². The number of nitrogens with one attached hydrogen (secondary N) is 1. The smallest absolute Gasteiger partial charge is 0.189 e. The molecule has 0 unspecified atom stereocenters. The summed E-state index contributed by atoms with van der Waals surface area (Å²) in [5, 5.41) is 1.34. The fourth-order valence-electron chi connectivity index (χ4n) is 1.89. The van der Waals surface area contributed by atoms with Crippen molar-refractivity contribution in [2.75, 3.05) is 0 Å². The highest BCUT2D eigenvalue weighted by molar-refractivity contribution is 9.10. The molecule has 0 aliphatic rings. The van der Waals surface area contributed by atoms with Gasteiger partial charge < -0.3 is 4.98 Å². The summed E-state index contributed by atoms with van der Waals surface area (Å²) in [5.74, 6) is 0.461. The monoisotopic (exact) mass is 347 g/mol. The van der Waals surface area contributed by atoms with E-state index in [-0.39, 0.29) is 5.43 Å². The highest BCUT2D eigenvalue weighted by Crippen LogP contribution is 2.35. The lowest BCUT2D eigenvalue weighted by atomic mass is 10.1. The summed E-state index contributed by atoms with van der Waals surface area (Å²) >= 11 is 15.5. The molecule has 0 saturated carbocycles. The van der Waals surface area contributed by atoms with Crippen molar-refractivity contribution in [1.82, 2.24) is 4.98 Å². The first-order valence-electron chi connectivity index (χ1n) is 5.59. The van der Waals surface area contributed by atoms with Crippen LogP contribution >= 0.6 is 39.1 Å². The molecule has 0 fully saturated rings. The van der Waals surface area contributed by atoms with Crippen LogP contribution in [0.15, 0.2) is 21.4 Å². The topological polar surface area (TPSA) is 32.9 Å². The summed E-state index contributed by atoms with van der Waals surface area (Å²) in [6.07, 6.45) is 0.801. The van der Waals surface area contributed by atoms with Crippen molar-refractivity contribution in [2.24, 2.45) is 5.92 Å². The standard InChI is InChI=1S/C13H12BrCl2NO/c1-6(2)3-7-4-10(18)8-5-9(14)11(15)12(16)13(8)17-7/h4-6H,3H2,1-2H3,(H,17,18). The second-order valence-electron chi connectivity index (χ2n) is 4.67. The second kappa shape index (κ2) is 5.24. The molecule has 0 saturated heterocycles.